The number of aliphatic hydroxyl groups is 1. The van der Waals surface area contributed by atoms with Gasteiger partial charge in [0.15, 0.2) is 5.78 Å². The van der Waals surface area contributed by atoms with Crippen molar-refractivity contribution in [1.29, 1.82) is 0 Å². The Morgan fingerprint density at radius 1 is 1.12 bits per heavy atom. The Bertz CT molecular complexity index is 1160. The van der Waals surface area contributed by atoms with Crippen LogP contribution in [0.3, 0.4) is 0 Å². The summed E-state index contributed by atoms with van der Waals surface area (Å²) in [6.45, 7) is 5.25. The van der Waals surface area contributed by atoms with Crippen LogP contribution in [-0.4, -0.2) is 43.3 Å². The molecule has 0 bridgehead atoms. The monoisotopic (exact) mass is 523 g/mol. The van der Waals surface area contributed by atoms with Crippen molar-refractivity contribution in [3.8, 4) is 0 Å². The number of benzene rings is 2. The lowest BCUT2D eigenvalue weighted by Gasteiger charge is -2.39. The molecule has 1 N–H and O–H groups in total. The summed E-state index contributed by atoms with van der Waals surface area (Å²) in [5, 5.41) is 9.73. The molecule has 0 radical (unpaired) electrons. The predicted molar refractivity (Wildman–Crippen MR) is 136 cm³/mol. The molecule has 1 saturated heterocycles. The van der Waals surface area contributed by atoms with Gasteiger partial charge in [-0.05, 0) is 65.8 Å². The summed E-state index contributed by atoms with van der Waals surface area (Å²) < 4.78 is 29.2. The Hall–Kier alpha value is -1.44. The van der Waals surface area contributed by atoms with Crippen LogP contribution in [0.15, 0.2) is 36.4 Å². The fourth-order valence-corrected chi connectivity index (χ4v) is 7.99. The minimum absolute atomic E-state index is 0.0514. The van der Waals surface area contributed by atoms with E-state index in [0.717, 1.165) is 23.1 Å². The molecule has 2 aromatic rings. The quantitative estimate of drug-likeness (QED) is 0.519. The van der Waals surface area contributed by atoms with Crippen molar-refractivity contribution in [1.82, 2.24) is 4.31 Å². The normalized spacial score (nSPS) is 25.7. The maximum absolute atomic E-state index is 13.8. The molecule has 1 unspecified atom stereocenters. The van der Waals surface area contributed by atoms with E-state index in [-0.39, 0.29) is 30.3 Å². The largest absolute Gasteiger partial charge is 0.396 e. The van der Waals surface area contributed by atoms with Gasteiger partial charge in [-0.3, -0.25) is 4.79 Å². The number of piperidine rings is 1. The van der Waals surface area contributed by atoms with Crippen LogP contribution < -0.4 is 0 Å². The third-order valence-electron chi connectivity index (χ3n) is 7.49. The Balaban J connectivity index is 1.66. The van der Waals surface area contributed by atoms with Gasteiger partial charge in [-0.1, -0.05) is 61.3 Å². The van der Waals surface area contributed by atoms with Crippen molar-refractivity contribution >= 4 is 39.0 Å². The van der Waals surface area contributed by atoms with Crippen molar-refractivity contribution in [2.75, 3.05) is 19.7 Å². The van der Waals surface area contributed by atoms with E-state index in [4.69, 9.17) is 23.2 Å². The third-order valence-corrected chi connectivity index (χ3v) is 10.3. The SMILES string of the molecule is C[C@@H]1CCN(S(=O)(=O)C2C[C@H](CO)Cc3ccc(CC(=O)c4c(Cl)cccc4Cl)cc32)C[C@H]1C. The molecule has 5 nitrogen and oxygen atoms in total. The number of halogens is 2. The number of Topliss-reactive ketones (excluding diaryl/α,β-unsaturated/α-hetero) is 1. The fourth-order valence-electron chi connectivity index (χ4n) is 5.16. The van der Waals surface area contributed by atoms with Gasteiger partial charge in [0.05, 0.1) is 15.6 Å². The molecule has 184 valence electrons. The van der Waals surface area contributed by atoms with Gasteiger partial charge in [0, 0.05) is 26.1 Å². The molecule has 8 heteroatoms. The third kappa shape index (κ3) is 5.07. The van der Waals surface area contributed by atoms with Crippen LogP contribution in [-0.2, 0) is 22.9 Å². The van der Waals surface area contributed by atoms with E-state index in [1.807, 2.05) is 18.2 Å². The molecule has 2 aliphatic rings. The summed E-state index contributed by atoms with van der Waals surface area (Å²) in [4.78, 5) is 13.0. The molecule has 0 spiro atoms. The first-order valence-corrected chi connectivity index (χ1v) is 14.1. The zero-order chi connectivity index (χ0) is 24.6. The van der Waals surface area contributed by atoms with E-state index in [1.54, 1.807) is 22.5 Å². The summed E-state index contributed by atoms with van der Waals surface area (Å²) in [6, 6.07) is 10.6. The average Bonchev–Trinajstić information content (AvgIpc) is 2.79. The number of aliphatic hydroxyl groups excluding tert-OH is 1. The Labute approximate surface area is 212 Å². The van der Waals surface area contributed by atoms with Crippen LogP contribution in [0.5, 0.6) is 0 Å². The lowest BCUT2D eigenvalue weighted by atomic mass is 9.82. The summed E-state index contributed by atoms with van der Waals surface area (Å²) >= 11 is 12.4. The molecule has 1 heterocycles. The Morgan fingerprint density at radius 2 is 1.82 bits per heavy atom. The molecule has 0 saturated carbocycles. The highest BCUT2D eigenvalue weighted by molar-refractivity contribution is 7.89. The van der Waals surface area contributed by atoms with Crippen molar-refractivity contribution in [2.45, 2.75) is 44.8 Å². The first-order valence-electron chi connectivity index (χ1n) is 11.8. The van der Waals surface area contributed by atoms with Crippen LogP contribution in [0.4, 0.5) is 0 Å². The standard InChI is InChI=1S/C26H31Cl2NO4S/c1-16-8-9-29(14-17(16)2)34(32,33)25-13-19(15-30)10-20-7-6-18(11-21(20)25)12-24(31)26-22(27)4-3-5-23(26)28/h3-7,11,16-17,19,25,30H,8-10,12-15H2,1-2H3/t16-,17-,19-,25?/m1/s1. The van der Waals surface area contributed by atoms with Crippen LogP contribution in [0.2, 0.25) is 10.0 Å². The van der Waals surface area contributed by atoms with Gasteiger partial charge in [0.1, 0.15) is 5.25 Å². The summed E-state index contributed by atoms with van der Waals surface area (Å²) in [7, 11) is -3.61. The van der Waals surface area contributed by atoms with Crippen LogP contribution >= 0.6 is 23.2 Å². The minimum Gasteiger partial charge on any atom is -0.396 e. The smallest absolute Gasteiger partial charge is 0.221 e. The summed E-state index contributed by atoms with van der Waals surface area (Å²) in [5.41, 5.74) is 2.67. The second-order valence-corrected chi connectivity index (χ2v) is 12.8. The number of rotatable bonds is 6. The molecule has 1 aliphatic heterocycles. The Morgan fingerprint density at radius 3 is 2.47 bits per heavy atom. The van der Waals surface area contributed by atoms with E-state index >= 15 is 0 Å². The first-order chi connectivity index (χ1) is 16.1. The maximum Gasteiger partial charge on any atom is 0.221 e. The highest BCUT2D eigenvalue weighted by atomic mass is 35.5. The van der Waals surface area contributed by atoms with Gasteiger partial charge < -0.3 is 5.11 Å². The van der Waals surface area contributed by atoms with E-state index in [1.165, 1.54) is 0 Å². The summed E-state index contributed by atoms with van der Waals surface area (Å²) in [6.07, 6.45) is 1.91. The number of fused-ring (bicyclic) bond motifs is 1. The lowest BCUT2D eigenvalue weighted by molar-refractivity contribution is 0.0993. The van der Waals surface area contributed by atoms with Crippen molar-refractivity contribution < 1.29 is 18.3 Å². The number of ketones is 1. The fraction of sp³-hybridized carbons (Fsp3) is 0.500. The number of carbonyl (C=O) groups excluding carboxylic acids is 1. The highest BCUT2D eigenvalue weighted by Crippen LogP contribution is 2.42. The van der Waals surface area contributed by atoms with E-state index in [0.29, 0.717) is 47.8 Å². The van der Waals surface area contributed by atoms with Crippen LogP contribution in [0.25, 0.3) is 0 Å². The number of carbonyl (C=O) groups is 1. The molecule has 0 amide bonds. The van der Waals surface area contributed by atoms with Crippen LogP contribution in [0.1, 0.15) is 59.0 Å². The van der Waals surface area contributed by atoms with Gasteiger partial charge in [0.25, 0.3) is 0 Å². The Kier molecular flexibility index (Phi) is 7.75. The molecule has 34 heavy (non-hydrogen) atoms. The van der Waals surface area contributed by atoms with E-state index in [9.17, 15) is 18.3 Å². The van der Waals surface area contributed by atoms with E-state index in [2.05, 4.69) is 13.8 Å². The number of sulfonamides is 1. The first kappa shape index (κ1) is 25.6. The molecular weight excluding hydrogens is 493 g/mol. The highest BCUT2D eigenvalue weighted by Gasteiger charge is 2.41. The van der Waals surface area contributed by atoms with Crippen molar-refractivity contribution in [3.63, 3.8) is 0 Å². The van der Waals surface area contributed by atoms with Gasteiger partial charge in [-0.15, -0.1) is 0 Å². The maximum atomic E-state index is 13.8. The second-order valence-electron chi connectivity index (χ2n) is 9.85. The molecule has 1 fully saturated rings. The van der Waals surface area contributed by atoms with Gasteiger partial charge in [-0.25, -0.2) is 12.7 Å². The van der Waals surface area contributed by atoms with Gasteiger partial charge in [-0.2, -0.15) is 0 Å². The lowest BCUT2D eigenvalue weighted by Crippen LogP contribution is -2.45. The molecular formula is C26H31Cl2NO4S. The predicted octanol–water partition coefficient (Wildman–Crippen LogP) is 5.32. The molecule has 4 atom stereocenters. The average molecular weight is 525 g/mol. The van der Waals surface area contributed by atoms with E-state index < -0.39 is 15.3 Å². The zero-order valence-electron chi connectivity index (χ0n) is 19.5. The topological polar surface area (TPSA) is 74.7 Å². The molecule has 1 aliphatic carbocycles. The van der Waals surface area contributed by atoms with Crippen molar-refractivity contribution in [2.24, 2.45) is 17.8 Å². The molecule has 2 aromatic carbocycles. The summed E-state index contributed by atoms with van der Waals surface area (Å²) in [5.74, 6) is 0.467. The molecule has 0 aromatic heterocycles. The second kappa shape index (κ2) is 10.3. The zero-order valence-corrected chi connectivity index (χ0v) is 21.8. The minimum atomic E-state index is -3.61. The van der Waals surface area contributed by atoms with Gasteiger partial charge >= 0.3 is 0 Å². The number of hydrogen-bond donors (Lipinski definition) is 1. The van der Waals surface area contributed by atoms with Gasteiger partial charge in [0.2, 0.25) is 10.0 Å². The molecule has 4 rings (SSSR count). The number of nitrogens with zero attached hydrogens (tertiary/aromatic N) is 1. The van der Waals surface area contributed by atoms with Crippen molar-refractivity contribution in [3.05, 3.63) is 68.7 Å². The van der Waals surface area contributed by atoms with Crippen LogP contribution in [0, 0.1) is 17.8 Å². The number of hydrogen-bond acceptors (Lipinski definition) is 4.